The molecule has 0 radical (unpaired) electrons. The van der Waals surface area contributed by atoms with Gasteiger partial charge in [-0.15, -0.1) is 0 Å². The van der Waals surface area contributed by atoms with Crippen LogP contribution in [0, 0.1) is 5.82 Å². The van der Waals surface area contributed by atoms with Gasteiger partial charge in [-0.05, 0) is 42.0 Å². The SMILES string of the molecule is O=C(Cc1ccc(F)cc1)NCC(c1ccco1)c1ccco1. The average Bonchev–Trinajstić information content (AvgIpc) is 3.24. The molecule has 3 rings (SSSR count). The van der Waals surface area contributed by atoms with E-state index in [9.17, 15) is 9.18 Å². The average molecular weight is 313 g/mol. The minimum Gasteiger partial charge on any atom is -0.469 e. The Balaban J connectivity index is 1.62. The lowest BCUT2D eigenvalue weighted by molar-refractivity contribution is -0.120. The van der Waals surface area contributed by atoms with Gasteiger partial charge in [0.1, 0.15) is 17.3 Å². The molecule has 0 unspecified atom stereocenters. The Morgan fingerprint density at radius 3 is 2.13 bits per heavy atom. The van der Waals surface area contributed by atoms with E-state index >= 15 is 0 Å². The number of furan rings is 2. The monoisotopic (exact) mass is 313 g/mol. The number of carbonyl (C=O) groups excluding carboxylic acids is 1. The van der Waals surface area contributed by atoms with Gasteiger partial charge in [0.25, 0.3) is 0 Å². The molecule has 2 heterocycles. The largest absolute Gasteiger partial charge is 0.469 e. The van der Waals surface area contributed by atoms with Crippen molar-refractivity contribution in [3.63, 3.8) is 0 Å². The highest BCUT2D eigenvalue weighted by Crippen LogP contribution is 2.24. The standard InChI is InChI=1S/C18H16FNO3/c19-14-7-5-13(6-8-14)11-18(21)20-12-15(16-3-1-9-22-16)17-4-2-10-23-17/h1-10,15H,11-12H2,(H,20,21). The number of amides is 1. The predicted octanol–water partition coefficient (Wildman–Crippen LogP) is 3.50. The van der Waals surface area contributed by atoms with Crippen LogP contribution in [-0.2, 0) is 11.2 Å². The molecule has 0 saturated heterocycles. The highest BCUT2D eigenvalue weighted by molar-refractivity contribution is 5.78. The van der Waals surface area contributed by atoms with Crippen molar-refractivity contribution in [2.75, 3.05) is 6.54 Å². The van der Waals surface area contributed by atoms with E-state index in [1.54, 1.807) is 36.8 Å². The van der Waals surface area contributed by atoms with Crippen LogP contribution in [0.1, 0.15) is 23.0 Å². The Morgan fingerprint density at radius 1 is 1.00 bits per heavy atom. The summed E-state index contributed by atoms with van der Waals surface area (Å²) in [7, 11) is 0. The Bertz CT molecular complexity index is 699. The van der Waals surface area contributed by atoms with Crippen LogP contribution in [0.4, 0.5) is 4.39 Å². The second-order valence-electron chi connectivity index (χ2n) is 5.19. The third-order valence-electron chi connectivity index (χ3n) is 3.55. The molecule has 0 atom stereocenters. The second-order valence-corrected chi connectivity index (χ2v) is 5.19. The van der Waals surface area contributed by atoms with Crippen molar-refractivity contribution >= 4 is 5.91 Å². The van der Waals surface area contributed by atoms with E-state index in [-0.39, 0.29) is 24.1 Å². The van der Waals surface area contributed by atoms with E-state index in [1.807, 2.05) is 12.1 Å². The summed E-state index contributed by atoms with van der Waals surface area (Å²) >= 11 is 0. The maximum absolute atomic E-state index is 12.9. The van der Waals surface area contributed by atoms with Gasteiger partial charge in [0, 0.05) is 6.54 Å². The molecule has 0 fully saturated rings. The maximum atomic E-state index is 12.9. The van der Waals surface area contributed by atoms with E-state index in [2.05, 4.69) is 5.32 Å². The summed E-state index contributed by atoms with van der Waals surface area (Å²) in [6.45, 7) is 0.362. The molecule has 2 aromatic heterocycles. The summed E-state index contributed by atoms with van der Waals surface area (Å²) in [5.41, 5.74) is 0.761. The number of hydrogen-bond donors (Lipinski definition) is 1. The molecule has 0 bridgehead atoms. The second kappa shape index (κ2) is 6.96. The van der Waals surface area contributed by atoms with Crippen LogP contribution in [-0.4, -0.2) is 12.5 Å². The fourth-order valence-corrected chi connectivity index (χ4v) is 2.39. The smallest absolute Gasteiger partial charge is 0.224 e. The van der Waals surface area contributed by atoms with Gasteiger partial charge < -0.3 is 14.2 Å². The number of nitrogens with one attached hydrogen (secondary N) is 1. The first-order valence-corrected chi connectivity index (χ1v) is 7.30. The topological polar surface area (TPSA) is 55.4 Å². The minimum atomic E-state index is -0.315. The summed E-state index contributed by atoms with van der Waals surface area (Å²) in [4.78, 5) is 12.1. The van der Waals surface area contributed by atoms with E-state index in [4.69, 9.17) is 8.83 Å². The van der Waals surface area contributed by atoms with Crippen molar-refractivity contribution in [3.8, 4) is 0 Å². The van der Waals surface area contributed by atoms with Gasteiger partial charge in [-0.2, -0.15) is 0 Å². The number of halogens is 1. The Hall–Kier alpha value is -2.82. The van der Waals surface area contributed by atoms with Crippen LogP contribution in [0.25, 0.3) is 0 Å². The van der Waals surface area contributed by atoms with Gasteiger partial charge in [0.15, 0.2) is 0 Å². The number of carbonyl (C=O) groups is 1. The zero-order chi connectivity index (χ0) is 16.1. The van der Waals surface area contributed by atoms with Crippen molar-refractivity contribution in [2.45, 2.75) is 12.3 Å². The summed E-state index contributed by atoms with van der Waals surface area (Å²) in [6, 6.07) is 13.2. The molecule has 4 nitrogen and oxygen atoms in total. The zero-order valence-electron chi connectivity index (χ0n) is 12.4. The van der Waals surface area contributed by atoms with Crippen molar-refractivity contribution in [2.24, 2.45) is 0 Å². The van der Waals surface area contributed by atoms with Crippen LogP contribution >= 0.6 is 0 Å². The van der Waals surface area contributed by atoms with Crippen molar-refractivity contribution in [1.29, 1.82) is 0 Å². The minimum absolute atomic E-state index is 0.139. The van der Waals surface area contributed by atoms with Crippen molar-refractivity contribution in [1.82, 2.24) is 5.32 Å². The molecule has 1 aromatic carbocycles. The molecule has 0 aliphatic rings. The van der Waals surface area contributed by atoms with Crippen LogP contribution in [0.5, 0.6) is 0 Å². The number of benzene rings is 1. The first-order valence-electron chi connectivity index (χ1n) is 7.30. The first kappa shape index (κ1) is 15.1. The van der Waals surface area contributed by atoms with E-state index < -0.39 is 0 Å². The van der Waals surface area contributed by atoms with Crippen molar-refractivity contribution < 1.29 is 18.0 Å². The molecule has 0 saturated carbocycles. The lowest BCUT2D eigenvalue weighted by atomic mass is 10.0. The van der Waals surface area contributed by atoms with Crippen LogP contribution in [0.3, 0.4) is 0 Å². The van der Waals surface area contributed by atoms with E-state index in [1.165, 1.54) is 12.1 Å². The Labute approximate surface area is 132 Å². The normalized spacial score (nSPS) is 10.9. The predicted molar refractivity (Wildman–Crippen MR) is 82.4 cm³/mol. The molecule has 0 aliphatic heterocycles. The third kappa shape index (κ3) is 3.88. The molecule has 1 N–H and O–H groups in total. The van der Waals surface area contributed by atoms with Gasteiger partial charge in [-0.25, -0.2) is 4.39 Å². The van der Waals surface area contributed by atoms with Gasteiger partial charge in [-0.3, -0.25) is 4.79 Å². The van der Waals surface area contributed by atoms with E-state index in [0.717, 1.165) is 17.1 Å². The lowest BCUT2D eigenvalue weighted by Gasteiger charge is -2.13. The molecule has 0 aliphatic carbocycles. The molecular weight excluding hydrogens is 297 g/mol. The summed E-state index contributed by atoms with van der Waals surface area (Å²) in [5.74, 6) is 0.811. The molecule has 23 heavy (non-hydrogen) atoms. The van der Waals surface area contributed by atoms with Crippen LogP contribution < -0.4 is 5.32 Å². The molecule has 118 valence electrons. The number of rotatable bonds is 6. The van der Waals surface area contributed by atoms with Crippen LogP contribution in [0.2, 0.25) is 0 Å². The van der Waals surface area contributed by atoms with Gasteiger partial charge >= 0.3 is 0 Å². The quantitative estimate of drug-likeness (QED) is 0.758. The molecule has 3 aromatic rings. The first-order chi connectivity index (χ1) is 11.2. The molecule has 1 amide bonds. The fraction of sp³-hybridized carbons (Fsp3) is 0.167. The van der Waals surface area contributed by atoms with Gasteiger partial charge in [0.2, 0.25) is 5.91 Å². The highest BCUT2D eigenvalue weighted by Gasteiger charge is 2.20. The maximum Gasteiger partial charge on any atom is 0.224 e. The fourth-order valence-electron chi connectivity index (χ4n) is 2.39. The van der Waals surface area contributed by atoms with Gasteiger partial charge in [0.05, 0.1) is 24.9 Å². The van der Waals surface area contributed by atoms with Crippen molar-refractivity contribution in [3.05, 3.63) is 84.0 Å². The summed E-state index contributed by atoms with van der Waals surface area (Å²) < 4.78 is 23.7. The summed E-state index contributed by atoms with van der Waals surface area (Å²) in [5, 5.41) is 2.87. The molecular formula is C18H16FNO3. The highest BCUT2D eigenvalue weighted by atomic mass is 19.1. The van der Waals surface area contributed by atoms with Crippen LogP contribution in [0.15, 0.2) is 69.9 Å². The third-order valence-corrected chi connectivity index (χ3v) is 3.55. The Morgan fingerprint density at radius 2 is 1.61 bits per heavy atom. The van der Waals surface area contributed by atoms with E-state index in [0.29, 0.717) is 6.54 Å². The number of hydrogen-bond acceptors (Lipinski definition) is 3. The van der Waals surface area contributed by atoms with Gasteiger partial charge in [-0.1, -0.05) is 12.1 Å². The summed E-state index contributed by atoms with van der Waals surface area (Å²) in [6.07, 6.45) is 3.38. The molecule has 0 spiro atoms. The molecule has 5 heteroatoms. The lowest BCUT2D eigenvalue weighted by Crippen LogP contribution is -2.29. The Kier molecular flexibility index (Phi) is 4.57. The zero-order valence-corrected chi connectivity index (χ0v) is 12.4.